The van der Waals surface area contributed by atoms with E-state index < -0.39 is 0 Å². The monoisotopic (exact) mass is 516 g/mol. The highest BCUT2D eigenvalue weighted by Gasteiger charge is 2.15. The maximum Gasteiger partial charge on any atom is 0.310 e. The number of hydrogen-bond acceptors (Lipinski definition) is 7. The average Bonchev–Trinajstić information content (AvgIpc) is 3.30. The van der Waals surface area contributed by atoms with Crippen LogP contribution < -0.4 is 15.8 Å². The highest BCUT2D eigenvalue weighted by molar-refractivity contribution is 5.94. The Kier molecular flexibility index (Phi) is 8.78. The van der Waals surface area contributed by atoms with Crippen molar-refractivity contribution >= 4 is 28.5 Å². The molecule has 1 aromatic heterocycles. The molecule has 0 saturated carbocycles. The maximum absolute atomic E-state index is 12.2. The number of carbonyl (C=O) groups excluding carboxylic acids is 2. The fourth-order valence-corrected chi connectivity index (χ4v) is 4.29. The fourth-order valence-electron chi connectivity index (χ4n) is 4.29. The van der Waals surface area contributed by atoms with Gasteiger partial charge in [0.05, 0.1) is 13.0 Å². The minimum absolute atomic E-state index is 0.0573. The van der Waals surface area contributed by atoms with Crippen LogP contribution in [0.2, 0.25) is 0 Å². The van der Waals surface area contributed by atoms with Gasteiger partial charge in [0.2, 0.25) is 5.91 Å². The van der Waals surface area contributed by atoms with Gasteiger partial charge in [-0.25, -0.2) is 0 Å². The smallest absolute Gasteiger partial charge is 0.310 e. The Morgan fingerprint density at radius 3 is 2.58 bits per heavy atom. The van der Waals surface area contributed by atoms with Crippen molar-refractivity contribution < 1.29 is 28.2 Å². The van der Waals surface area contributed by atoms with Crippen LogP contribution in [-0.2, 0) is 45.2 Å². The Morgan fingerprint density at radius 1 is 1.00 bits per heavy atom. The molecule has 8 heteroatoms. The third kappa shape index (κ3) is 6.59. The van der Waals surface area contributed by atoms with Crippen LogP contribution in [0.4, 0.5) is 5.69 Å². The first-order chi connectivity index (χ1) is 18.4. The van der Waals surface area contributed by atoms with Gasteiger partial charge in [-0.3, -0.25) is 9.59 Å². The van der Waals surface area contributed by atoms with E-state index in [-0.39, 0.29) is 24.9 Å². The molecule has 1 amide bonds. The molecule has 4 rings (SSSR count). The highest BCUT2D eigenvalue weighted by Crippen LogP contribution is 2.34. The minimum Gasteiger partial charge on any atom is -0.489 e. The molecular formula is C30H32N2O6. The number of esters is 1. The van der Waals surface area contributed by atoms with Gasteiger partial charge in [0.25, 0.3) is 0 Å². The molecule has 0 radical (unpaired) electrons. The predicted molar refractivity (Wildman–Crippen MR) is 146 cm³/mol. The zero-order valence-corrected chi connectivity index (χ0v) is 21.8. The molecule has 0 fully saturated rings. The molecule has 0 spiro atoms. The fraction of sp³-hybridized carbons (Fsp3) is 0.267. The average molecular weight is 517 g/mol. The normalized spacial score (nSPS) is 10.9. The van der Waals surface area contributed by atoms with E-state index in [1.165, 1.54) is 6.92 Å². The number of benzene rings is 3. The molecule has 0 unspecified atom stereocenters. The largest absolute Gasteiger partial charge is 0.489 e. The molecule has 0 saturated heterocycles. The number of hydrogen-bond donors (Lipinski definition) is 2. The van der Waals surface area contributed by atoms with Crippen LogP contribution in [0.3, 0.4) is 0 Å². The molecule has 38 heavy (non-hydrogen) atoms. The second-order valence-corrected chi connectivity index (χ2v) is 8.89. The number of nitrogens with one attached hydrogen (secondary N) is 1. The molecule has 3 N–H and O–H groups in total. The van der Waals surface area contributed by atoms with Crippen LogP contribution in [-0.4, -0.2) is 25.6 Å². The molecule has 198 valence electrons. The molecular weight excluding hydrogens is 484 g/mol. The van der Waals surface area contributed by atoms with E-state index >= 15 is 0 Å². The van der Waals surface area contributed by atoms with Gasteiger partial charge in [0.1, 0.15) is 30.3 Å². The predicted octanol–water partition coefficient (Wildman–Crippen LogP) is 5.35. The van der Waals surface area contributed by atoms with Crippen molar-refractivity contribution in [2.24, 2.45) is 5.73 Å². The third-order valence-electron chi connectivity index (χ3n) is 5.91. The summed E-state index contributed by atoms with van der Waals surface area (Å²) in [6.07, 6.45) is 0.0573. The van der Waals surface area contributed by atoms with Gasteiger partial charge in [-0.05, 0) is 53.9 Å². The van der Waals surface area contributed by atoms with Gasteiger partial charge in [-0.2, -0.15) is 0 Å². The summed E-state index contributed by atoms with van der Waals surface area (Å²) in [5.74, 6) is 0.660. The number of rotatable bonds is 11. The number of fused-ring (bicyclic) bond motifs is 1. The van der Waals surface area contributed by atoms with Crippen molar-refractivity contribution in [1.29, 1.82) is 0 Å². The van der Waals surface area contributed by atoms with E-state index in [0.29, 0.717) is 36.8 Å². The van der Waals surface area contributed by atoms with Crippen LogP contribution in [0.5, 0.6) is 5.75 Å². The number of nitrogens with two attached hydrogens (primary N) is 1. The number of ether oxygens (including phenoxy) is 3. The Morgan fingerprint density at radius 2 is 1.84 bits per heavy atom. The van der Waals surface area contributed by atoms with E-state index in [2.05, 4.69) is 5.32 Å². The summed E-state index contributed by atoms with van der Waals surface area (Å²) >= 11 is 0. The minimum atomic E-state index is -0.350. The van der Waals surface area contributed by atoms with Gasteiger partial charge in [0.15, 0.2) is 0 Å². The Labute approximate surface area is 221 Å². The second-order valence-electron chi connectivity index (χ2n) is 8.89. The van der Waals surface area contributed by atoms with Crippen molar-refractivity contribution in [3.05, 3.63) is 83.1 Å². The zero-order valence-electron chi connectivity index (χ0n) is 21.8. The lowest BCUT2D eigenvalue weighted by Crippen LogP contribution is -2.10. The Hall–Kier alpha value is -4.14. The van der Waals surface area contributed by atoms with E-state index in [0.717, 1.165) is 39.0 Å². The molecule has 0 aliphatic heterocycles. The zero-order chi connectivity index (χ0) is 27.1. The molecule has 4 aromatic rings. The second kappa shape index (κ2) is 12.4. The summed E-state index contributed by atoms with van der Waals surface area (Å²) < 4.78 is 22.8. The van der Waals surface area contributed by atoms with Crippen LogP contribution >= 0.6 is 0 Å². The topological polar surface area (TPSA) is 113 Å². The summed E-state index contributed by atoms with van der Waals surface area (Å²) in [6.45, 7) is 4.51. The number of methoxy groups -OCH3 is 1. The quantitative estimate of drug-likeness (QED) is 0.258. The van der Waals surface area contributed by atoms with Gasteiger partial charge >= 0.3 is 5.97 Å². The standard InChI is InChI=1S/C30H32N2O6/c1-4-36-29(34)14-23-8-9-25(32-19(2)33)15-28(23)37-17-21-11-24-13-26(18-35-3)38-30(24)27(12-21)22-7-5-6-20(10-22)16-31/h5-13,15H,4,14,16-18,31H2,1-3H3,(H,32,33). The first-order valence-corrected chi connectivity index (χ1v) is 12.4. The summed E-state index contributed by atoms with van der Waals surface area (Å²) in [7, 11) is 1.63. The summed E-state index contributed by atoms with van der Waals surface area (Å²) in [4.78, 5) is 23.8. The molecule has 8 nitrogen and oxygen atoms in total. The summed E-state index contributed by atoms with van der Waals surface area (Å²) in [6, 6.07) is 19.2. The van der Waals surface area contributed by atoms with Crippen molar-refractivity contribution in [2.75, 3.05) is 19.0 Å². The van der Waals surface area contributed by atoms with E-state index in [4.69, 9.17) is 24.4 Å². The lowest BCUT2D eigenvalue weighted by Gasteiger charge is -2.14. The molecule has 0 atom stereocenters. The van der Waals surface area contributed by atoms with Crippen molar-refractivity contribution in [1.82, 2.24) is 0 Å². The highest BCUT2D eigenvalue weighted by atomic mass is 16.5. The lowest BCUT2D eigenvalue weighted by atomic mass is 9.99. The number of anilines is 1. The molecule has 0 aliphatic rings. The number of amides is 1. The van der Waals surface area contributed by atoms with E-state index in [1.54, 1.807) is 32.2 Å². The van der Waals surface area contributed by atoms with Gasteiger partial charge in [0, 0.05) is 48.8 Å². The Balaban J connectivity index is 1.70. The van der Waals surface area contributed by atoms with Crippen LogP contribution in [0, 0.1) is 0 Å². The Bertz CT molecular complexity index is 1440. The molecule has 1 heterocycles. The van der Waals surface area contributed by atoms with Crippen LogP contribution in [0.25, 0.3) is 22.1 Å². The number of furan rings is 1. The number of carbonyl (C=O) groups is 2. The van der Waals surface area contributed by atoms with Crippen molar-refractivity contribution in [3.8, 4) is 16.9 Å². The maximum atomic E-state index is 12.2. The lowest BCUT2D eigenvalue weighted by molar-refractivity contribution is -0.142. The summed E-state index contributed by atoms with van der Waals surface area (Å²) in [5.41, 5.74) is 11.7. The van der Waals surface area contributed by atoms with E-state index in [1.807, 2.05) is 42.5 Å². The van der Waals surface area contributed by atoms with Crippen LogP contribution in [0.1, 0.15) is 36.3 Å². The molecule has 0 aliphatic carbocycles. The first kappa shape index (κ1) is 26.9. The van der Waals surface area contributed by atoms with Crippen molar-refractivity contribution in [3.63, 3.8) is 0 Å². The third-order valence-corrected chi connectivity index (χ3v) is 5.91. The summed E-state index contributed by atoms with van der Waals surface area (Å²) in [5, 5.41) is 3.68. The molecule has 3 aromatic carbocycles. The first-order valence-electron chi connectivity index (χ1n) is 12.4. The van der Waals surface area contributed by atoms with Crippen LogP contribution in [0.15, 0.2) is 65.1 Å². The van der Waals surface area contributed by atoms with E-state index in [9.17, 15) is 9.59 Å². The van der Waals surface area contributed by atoms with Gasteiger partial charge in [-0.1, -0.05) is 24.3 Å². The van der Waals surface area contributed by atoms with Gasteiger partial charge in [-0.15, -0.1) is 0 Å². The van der Waals surface area contributed by atoms with Crippen molar-refractivity contribution in [2.45, 2.75) is 40.0 Å². The molecule has 0 bridgehead atoms. The SMILES string of the molecule is CCOC(=O)Cc1ccc(NC(C)=O)cc1OCc1cc(-c2cccc(CN)c2)c2oc(COC)cc2c1. The van der Waals surface area contributed by atoms with Gasteiger partial charge < -0.3 is 29.7 Å².